The van der Waals surface area contributed by atoms with Crippen LogP contribution < -0.4 is 21.7 Å². The molecule has 2 amide bonds. The number of primary amides is 1. The van der Waals surface area contributed by atoms with Crippen molar-refractivity contribution in [1.82, 2.24) is 9.97 Å². The Morgan fingerprint density at radius 1 is 1.28 bits per heavy atom. The monoisotopic (exact) mass is 408 g/mol. The van der Waals surface area contributed by atoms with E-state index in [4.69, 9.17) is 5.73 Å². The second-order valence-corrected chi connectivity index (χ2v) is 6.53. The average Bonchev–Trinajstić information content (AvgIpc) is 2.99. The smallest absolute Gasteiger partial charge is 0.370 e. The molecule has 0 atom stereocenters. The Labute approximate surface area is 164 Å². The lowest BCUT2D eigenvalue weighted by molar-refractivity contribution is -0.137. The van der Waals surface area contributed by atoms with Crippen LogP contribution in [-0.2, 0) is 22.2 Å². The SMILES string of the molecule is NC(=O)CCCCNc1nc(Nc2ccc3c(c2)CC(=O)N3)ncc1C(F)(F)F. The van der Waals surface area contributed by atoms with Gasteiger partial charge in [0.25, 0.3) is 0 Å². The van der Waals surface area contributed by atoms with Gasteiger partial charge in [-0.05, 0) is 36.6 Å². The molecule has 154 valence electrons. The molecule has 11 heteroatoms. The number of fused-ring (bicyclic) bond motifs is 1. The Bertz CT molecular complexity index is 932. The van der Waals surface area contributed by atoms with Crippen LogP contribution in [0.4, 0.5) is 36.3 Å². The zero-order valence-corrected chi connectivity index (χ0v) is 15.3. The molecule has 29 heavy (non-hydrogen) atoms. The van der Waals surface area contributed by atoms with Gasteiger partial charge in [-0.2, -0.15) is 18.2 Å². The van der Waals surface area contributed by atoms with E-state index in [0.717, 1.165) is 5.56 Å². The quantitative estimate of drug-likeness (QED) is 0.498. The van der Waals surface area contributed by atoms with Crippen molar-refractivity contribution >= 4 is 35.0 Å². The van der Waals surface area contributed by atoms with Crippen LogP contribution in [0.25, 0.3) is 0 Å². The summed E-state index contributed by atoms with van der Waals surface area (Å²) in [6.07, 6.45) is -2.59. The first-order valence-corrected chi connectivity index (χ1v) is 8.88. The fraction of sp³-hybridized carbons (Fsp3) is 0.333. The predicted octanol–water partition coefficient (Wildman–Crippen LogP) is 2.80. The summed E-state index contributed by atoms with van der Waals surface area (Å²) in [5.74, 6) is -0.951. The van der Waals surface area contributed by atoms with E-state index in [1.54, 1.807) is 18.2 Å². The van der Waals surface area contributed by atoms with Gasteiger partial charge in [0.1, 0.15) is 11.4 Å². The maximum atomic E-state index is 13.2. The zero-order chi connectivity index (χ0) is 21.0. The van der Waals surface area contributed by atoms with Crippen LogP contribution in [0.15, 0.2) is 24.4 Å². The number of aromatic nitrogens is 2. The van der Waals surface area contributed by atoms with Gasteiger partial charge >= 0.3 is 6.18 Å². The summed E-state index contributed by atoms with van der Waals surface area (Å²) in [5, 5.41) is 8.20. The average molecular weight is 408 g/mol. The molecule has 5 N–H and O–H groups in total. The van der Waals surface area contributed by atoms with Crippen molar-refractivity contribution in [3.05, 3.63) is 35.5 Å². The first-order valence-electron chi connectivity index (χ1n) is 8.88. The Hall–Kier alpha value is -3.37. The Balaban J connectivity index is 1.73. The van der Waals surface area contributed by atoms with Crippen molar-refractivity contribution < 1.29 is 22.8 Å². The van der Waals surface area contributed by atoms with Crippen LogP contribution in [0.5, 0.6) is 0 Å². The molecule has 0 saturated carbocycles. The molecule has 1 aliphatic rings. The summed E-state index contributed by atoms with van der Waals surface area (Å²) in [4.78, 5) is 29.9. The summed E-state index contributed by atoms with van der Waals surface area (Å²) < 4.78 is 39.7. The van der Waals surface area contributed by atoms with Gasteiger partial charge in [0.2, 0.25) is 17.8 Å². The summed E-state index contributed by atoms with van der Waals surface area (Å²) in [6, 6.07) is 5.08. The fourth-order valence-electron chi connectivity index (χ4n) is 2.85. The van der Waals surface area contributed by atoms with Crippen LogP contribution >= 0.6 is 0 Å². The normalized spacial score (nSPS) is 13.0. The third-order valence-corrected chi connectivity index (χ3v) is 4.22. The van der Waals surface area contributed by atoms with E-state index < -0.39 is 17.6 Å². The molecule has 1 aromatic heterocycles. The summed E-state index contributed by atoms with van der Waals surface area (Å²) in [7, 11) is 0. The first kappa shape index (κ1) is 20.4. The topological polar surface area (TPSA) is 122 Å². The molecule has 0 aliphatic carbocycles. The molecule has 0 unspecified atom stereocenters. The summed E-state index contributed by atoms with van der Waals surface area (Å²) in [6.45, 7) is 0.194. The zero-order valence-electron chi connectivity index (χ0n) is 15.3. The van der Waals surface area contributed by atoms with Crippen molar-refractivity contribution in [3.8, 4) is 0 Å². The van der Waals surface area contributed by atoms with Gasteiger partial charge in [0.15, 0.2) is 0 Å². The fourth-order valence-corrected chi connectivity index (χ4v) is 2.85. The lowest BCUT2D eigenvalue weighted by atomic mass is 10.1. The molecule has 2 heterocycles. The summed E-state index contributed by atoms with van der Waals surface area (Å²) in [5.41, 5.74) is 6.08. The first-order chi connectivity index (χ1) is 13.7. The van der Waals surface area contributed by atoms with Crippen molar-refractivity contribution in [2.24, 2.45) is 5.73 Å². The third kappa shape index (κ3) is 5.33. The Kier molecular flexibility index (Phi) is 5.85. The third-order valence-electron chi connectivity index (χ3n) is 4.22. The molecule has 1 aliphatic heterocycles. The number of alkyl halides is 3. The maximum Gasteiger partial charge on any atom is 0.421 e. The molecule has 8 nitrogen and oxygen atoms in total. The molecule has 3 rings (SSSR count). The number of nitrogens with one attached hydrogen (secondary N) is 3. The van der Waals surface area contributed by atoms with Gasteiger partial charge in [-0.25, -0.2) is 4.98 Å². The van der Waals surface area contributed by atoms with Crippen LogP contribution in [0.1, 0.15) is 30.4 Å². The summed E-state index contributed by atoms with van der Waals surface area (Å²) >= 11 is 0. The Morgan fingerprint density at radius 3 is 2.79 bits per heavy atom. The number of hydrogen-bond donors (Lipinski definition) is 4. The number of halogens is 3. The highest BCUT2D eigenvalue weighted by atomic mass is 19.4. The standard InChI is InChI=1S/C18H19F3N6O2/c19-18(20,21)12-9-24-17(27-16(12)23-6-2-1-3-14(22)28)25-11-4-5-13-10(7-11)8-15(29)26-13/h4-5,7,9H,1-3,6,8H2,(H2,22,28)(H,26,29)(H2,23,24,25,27). The number of carbonyl (C=O) groups excluding carboxylic acids is 2. The van der Waals surface area contributed by atoms with Gasteiger partial charge < -0.3 is 21.7 Å². The predicted molar refractivity (Wildman–Crippen MR) is 101 cm³/mol. The van der Waals surface area contributed by atoms with Crippen molar-refractivity contribution in [3.63, 3.8) is 0 Å². The number of benzene rings is 1. The lowest BCUT2D eigenvalue weighted by Gasteiger charge is -2.15. The number of amides is 2. The van der Waals surface area contributed by atoms with Crippen molar-refractivity contribution in [2.75, 3.05) is 22.5 Å². The van der Waals surface area contributed by atoms with Gasteiger partial charge in [0.05, 0.1) is 6.42 Å². The molecule has 1 aromatic carbocycles. The van der Waals surface area contributed by atoms with Crippen LogP contribution in [0.2, 0.25) is 0 Å². The van der Waals surface area contributed by atoms with Crippen LogP contribution in [0, 0.1) is 0 Å². The number of rotatable bonds is 8. The number of carbonyl (C=O) groups is 2. The van der Waals surface area contributed by atoms with Crippen LogP contribution in [0.3, 0.4) is 0 Å². The van der Waals surface area contributed by atoms with Gasteiger partial charge in [-0.3, -0.25) is 9.59 Å². The molecule has 0 spiro atoms. The molecule has 0 saturated heterocycles. The van der Waals surface area contributed by atoms with Crippen molar-refractivity contribution in [1.29, 1.82) is 0 Å². The second kappa shape index (κ2) is 8.33. The van der Waals surface area contributed by atoms with Crippen LogP contribution in [-0.4, -0.2) is 28.3 Å². The molecular weight excluding hydrogens is 389 g/mol. The maximum absolute atomic E-state index is 13.2. The number of unbranched alkanes of at least 4 members (excludes halogenated alkanes) is 1. The lowest BCUT2D eigenvalue weighted by Crippen LogP contribution is -2.15. The van der Waals surface area contributed by atoms with E-state index in [9.17, 15) is 22.8 Å². The second-order valence-electron chi connectivity index (χ2n) is 6.53. The minimum Gasteiger partial charge on any atom is -0.370 e. The van der Waals surface area contributed by atoms with E-state index in [1.807, 2.05) is 0 Å². The molecule has 2 aromatic rings. The number of hydrogen-bond acceptors (Lipinski definition) is 6. The number of anilines is 4. The molecule has 0 radical (unpaired) electrons. The van der Waals surface area contributed by atoms with Crippen molar-refractivity contribution in [2.45, 2.75) is 31.9 Å². The van der Waals surface area contributed by atoms with E-state index in [2.05, 4.69) is 25.9 Å². The highest BCUT2D eigenvalue weighted by Crippen LogP contribution is 2.34. The minimum absolute atomic E-state index is 0.0186. The molecular formula is C18H19F3N6O2. The highest BCUT2D eigenvalue weighted by molar-refractivity contribution is 5.99. The Morgan fingerprint density at radius 2 is 2.07 bits per heavy atom. The van der Waals surface area contributed by atoms with Gasteiger partial charge in [-0.1, -0.05) is 0 Å². The van der Waals surface area contributed by atoms with E-state index in [1.165, 1.54) is 0 Å². The largest absolute Gasteiger partial charge is 0.421 e. The number of nitrogens with zero attached hydrogens (tertiary/aromatic N) is 2. The highest BCUT2D eigenvalue weighted by Gasteiger charge is 2.35. The van der Waals surface area contributed by atoms with E-state index in [0.29, 0.717) is 30.4 Å². The van der Waals surface area contributed by atoms with E-state index >= 15 is 0 Å². The number of nitrogens with two attached hydrogens (primary N) is 1. The molecule has 0 fully saturated rings. The van der Waals surface area contributed by atoms with E-state index in [-0.39, 0.29) is 37.1 Å². The minimum atomic E-state index is -4.62. The van der Waals surface area contributed by atoms with Gasteiger partial charge in [-0.15, -0.1) is 0 Å². The van der Waals surface area contributed by atoms with Gasteiger partial charge in [0, 0.05) is 30.5 Å². The molecule has 0 bridgehead atoms.